The van der Waals surface area contributed by atoms with Crippen molar-refractivity contribution in [2.24, 2.45) is 5.73 Å². The van der Waals surface area contributed by atoms with Crippen molar-refractivity contribution >= 4 is 0 Å². The second-order valence-corrected chi connectivity index (χ2v) is 4.87. The van der Waals surface area contributed by atoms with E-state index >= 15 is 0 Å². The minimum absolute atomic E-state index is 0.0217. The predicted molar refractivity (Wildman–Crippen MR) is 72.5 cm³/mol. The van der Waals surface area contributed by atoms with Crippen LogP contribution in [0.2, 0.25) is 0 Å². The third kappa shape index (κ3) is 2.43. The van der Waals surface area contributed by atoms with Crippen LogP contribution in [-0.2, 0) is 0 Å². The summed E-state index contributed by atoms with van der Waals surface area (Å²) in [6.07, 6.45) is 0. The average Bonchev–Trinajstić information content (AvgIpc) is 2.58. The molecular formula is C14H20N4. The van der Waals surface area contributed by atoms with E-state index in [1.54, 1.807) is 0 Å². The lowest BCUT2D eigenvalue weighted by atomic mass is 9.99. The number of aromatic nitrogens is 3. The Morgan fingerprint density at radius 1 is 1.22 bits per heavy atom. The smallest absolute Gasteiger partial charge is 0.147 e. The lowest BCUT2D eigenvalue weighted by Crippen LogP contribution is -2.31. The summed E-state index contributed by atoms with van der Waals surface area (Å²) >= 11 is 0. The lowest BCUT2D eigenvalue weighted by molar-refractivity contribution is 0.442. The monoisotopic (exact) mass is 244 g/mol. The third-order valence-electron chi connectivity index (χ3n) is 3.05. The van der Waals surface area contributed by atoms with E-state index in [0.717, 1.165) is 11.6 Å². The second kappa shape index (κ2) is 4.90. The molecule has 0 saturated heterocycles. The number of nitrogens with two attached hydrogens (primary N) is 1. The molecule has 2 rings (SSSR count). The summed E-state index contributed by atoms with van der Waals surface area (Å²) in [5.41, 5.74) is 8.55. The molecule has 0 aliphatic heterocycles. The molecule has 0 aliphatic carbocycles. The molecule has 0 aliphatic rings. The van der Waals surface area contributed by atoms with Crippen molar-refractivity contribution in [3.63, 3.8) is 0 Å². The van der Waals surface area contributed by atoms with Gasteiger partial charge >= 0.3 is 0 Å². The van der Waals surface area contributed by atoms with Gasteiger partial charge in [0.25, 0.3) is 0 Å². The minimum atomic E-state index is -0.0217. The fraction of sp³-hybridized carbons (Fsp3) is 0.429. The molecule has 96 valence electrons. The predicted octanol–water partition coefficient (Wildman–Crippen LogP) is 2.14. The van der Waals surface area contributed by atoms with Crippen LogP contribution < -0.4 is 5.73 Å². The molecule has 18 heavy (non-hydrogen) atoms. The van der Waals surface area contributed by atoms with Gasteiger partial charge in [-0.15, -0.1) is 0 Å². The third-order valence-corrected chi connectivity index (χ3v) is 3.05. The average molecular weight is 244 g/mol. The molecule has 2 aromatic rings. The van der Waals surface area contributed by atoms with E-state index in [2.05, 4.69) is 41.3 Å². The first-order chi connectivity index (χ1) is 8.49. The molecule has 2 unspecified atom stereocenters. The SMILES string of the molecule is Cc1cccc(C(C(C)N)n2nc(C)nc2C)c1. The maximum atomic E-state index is 6.14. The Bertz CT molecular complexity index is 542. The van der Waals surface area contributed by atoms with Crippen molar-refractivity contribution in [2.75, 3.05) is 0 Å². The summed E-state index contributed by atoms with van der Waals surface area (Å²) in [7, 11) is 0. The van der Waals surface area contributed by atoms with E-state index in [9.17, 15) is 0 Å². The first kappa shape index (κ1) is 12.8. The van der Waals surface area contributed by atoms with E-state index in [-0.39, 0.29) is 12.1 Å². The summed E-state index contributed by atoms with van der Waals surface area (Å²) in [6.45, 7) is 7.95. The molecule has 0 saturated carbocycles. The van der Waals surface area contributed by atoms with Crippen LogP contribution in [0.1, 0.15) is 35.7 Å². The normalized spacial score (nSPS) is 14.5. The van der Waals surface area contributed by atoms with E-state index in [0.29, 0.717) is 0 Å². The van der Waals surface area contributed by atoms with Crippen molar-refractivity contribution in [3.05, 3.63) is 47.0 Å². The Balaban J connectivity index is 2.50. The molecule has 0 amide bonds. The van der Waals surface area contributed by atoms with Gasteiger partial charge in [0.05, 0.1) is 6.04 Å². The number of aryl methyl sites for hydroxylation is 3. The zero-order chi connectivity index (χ0) is 13.3. The van der Waals surface area contributed by atoms with Crippen molar-refractivity contribution in [2.45, 2.75) is 39.8 Å². The lowest BCUT2D eigenvalue weighted by Gasteiger charge is -2.23. The molecule has 0 fully saturated rings. The molecule has 0 radical (unpaired) electrons. The van der Waals surface area contributed by atoms with E-state index in [1.165, 1.54) is 11.1 Å². The fourth-order valence-corrected chi connectivity index (χ4v) is 2.32. The second-order valence-electron chi connectivity index (χ2n) is 4.87. The molecule has 0 bridgehead atoms. The molecule has 1 heterocycles. The number of hydrogen-bond acceptors (Lipinski definition) is 3. The highest BCUT2D eigenvalue weighted by molar-refractivity contribution is 5.27. The maximum absolute atomic E-state index is 6.14. The van der Waals surface area contributed by atoms with Gasteiger partial charge in [-0.2, -0.15) is 5.10 Å². The van der Waals surface area contributed by atoms with Crippen molar-refractivity contribution < 1.29 is 0 Å². The number of rotatable bonds is 3. The van der Waals surface area contributed by atoms with Gasteiger partial charge in [0, 0.05) is 6.04 Å². The van der Waals surface area contributed by atoms with Crippen LogP contribution >= 0.6 is 0 Å². The highest BCUT2D eigenvalue weighted by atomic mass is 15.4. The quantitative estimate of drug-likeness (QED) is 0.900. The van der Waals surface area contributed by atoms with E-state index < -0.39 is 0 Å². The molecule has 0 spiro atoms. The summed E-state index contributed by atoms with van der Waals surface area (Å²) in [5.74, 6) is 1.68. The van der Waals surface area contributed by atoms with Crippen LogP contribution in [0.15, 0.2) is 24.3 Å². The zero-order valence-electron chi connectivity index (χ0n) is 11.4. The topological polar surface area (TPSA) is 56.7 Å². The highest BCUT2D eigenvalue weighted by Crippen LogP contribution is 2.22. The van der Waals surface area contributed by atoms with Crippen LogP contribution in [0.3, 0.4) is 0 Å². The molecule has 4 nitrogen and oxygen atoms in total. The summed E-state index contributed by atoms with van der Waals surface area (Å²) in [4.78, 5) is 4.36. The molecule has 1 aromatic heterocycles. The van der Waals surface area contributed by atoms with Crippen LogP contribution in [0.25, 0.3) is 0 Å². The Labute approximate surface area is 108 Å². The molecular weight excluding hydrogens is 224 g/mol. The van der Waals surface area contributed by atoms with Gasteiger partial charge in [0.15, 0.2) is 0 Å². The molecule has 4 heteroatoms. The zero-order valence-corrected chi connectivity index (χ0v) is 11.4. The largest absolute Gasteiger partial charge is 0.326 e. The van der Waals surface area contributed by atoms with Crippen molar-refractivity contribution in [3.8, 4) is 0 Å². The molecule has 1 aromatic carbocycles. The standard InChI is InChI=1S/C14H20N4/c1-9-6-5-7-13(8-9)14(10(2)15)18-12(4)16-11(3)17-18/h5-8,10,14H,15H2,1-4H3. The highest BCUT2D eigenvalue weighted by Gasteiger charge is 2.21. The summed E-state index contributed by atoms with van der Waals surface area (Å²) in [5, 5.41) is 4.46. The van der Waals surface area contributed by atoms with Crippen LogP contribution in [0.4, 0.5) is 0 Å². The number of benzene rings is 1. The Morgan fingerprint density at radius 2 is 1.94 bits per heavy atom. The van der Waals surface area contributed by atoms with Gasteiger partial charge in [-0.25, -0.2) is 9.67 Å². The van der Waals surface area contributed by atoms with Gasteiger partial charge in [0.1, 0.15) is 11.6 Å². The van der Waals surface area contributed by atoms with Gasteiger partial charge in [0.2, 0.25) is 0 Å². The molecule has 2 N–H and O–H groups in total. The van der Waals surface area contributed by atoms with Crippen LogP contribution in [0, 0.1) is 20.8 Å². The van der Waals surface area contributed by atoms with E-state index in [1.807, 2.05) is 25.5 Å². The Hall–Kier alpha value is -1.68. The first-order valence-electron chi connectivity index (χ1n) is 6.21. The summed E-state index contributed by atoms with van der Waals surface area (Å²) in [6, 6.07) is 8.40. The van der Waals surface area contributed by atoms with Crippen molar-refractivity contribution in [1.29, 1.82) is 0 Å². The summed E-state index contributed by atoms with van der Waals surface area (Å²) < 4.78 is 1.93. The first-order valence-corrected chi connectivity index (χ1v) is 6.21. The Kier molecular flexibility index (Phi) is 3.48. The van der Waals surface area contributed by atoms with Gasteiger partial charge in [-0.3, -0.25) is 0 Å². The van der Waals surface area contributed by atoms with E-state index in [4.69, 9.17) is 5.73 Å². The van der Waals surface area contributed by atoms with Crippen molar-refractivity contribution in [1.82, 2.24) is 14.8 Å². The fourth-order valence-electron chi connectivity index (χ4n) is 2.32. The maximum Gasteiger partial charge on any atom is 0.147 e. The number of nitrogens with zero attached hydrogens (tertiary/aromatic N) is 3. The van der Waals surface area contributed by atoms with Crippen LogP contribution in [-0.4, -0.2) is 20.8 Å². The molecule has 2 atom stereocenters. The minimum Gasteiger partial charge on any atom is -0.326 e. The number of hydrogen-bond donors (Lipinski definition) is 1. The Morgan fingerprint density at radius 3 is 2.44 bits per heavy atom. The van der Waals surface area contributed by atoms with Gasteiger partial charge in [-0.1, -0.05) is 29.8 Å². The van der Waals surface area contributed by atoms with Crippen LogP contribution in [0.5, 0.6) is 0 Å². The van der Waals surface area contributed by atoms with Gasteiger partial charge < -0.3 is 5.73 Å². The van der Waals surface area contributed by atoms with Gasteiger partial charge in [-0.05, 0) is 33.3 Å².